The first-order chi connectivity index (χ1) is 11.9. The zero-order valence-corrected chi connectivity index (χ0v) is 15.4. The zero-order chi connectivity index (χ0) is 16.2. The number of nitrogens with zero attached hydrogens (tertiary/aromatic N) is 1. The molecular formula is C23H26ClN. The predicted molar refractivity (Wildman–Crippen MR) is 109 cm³/mol. The Balaban J connectivity index is 0.00000182. The van der Waals surface area contributed by atoms with Crippen LogP contribution >= 0.6 is 12.4 Å². The van der Waals surface area contributed by atoms with E-state index in [4.69, 9.17) is 0 Å². The van der Waals surface area contributed by atoms with Crippen molar-refractivity contribution in [3.8, 4) is 0 Å². The highest BCUT2D eigenvalue weighted by atomic mass is 35.5. The predicted octanol–water partition coefficient (Wildman–Crippen LogP) is 5.86. The van der Waals surface area contributed by atoms with Crippen LogP contribution in [0, 0.1) is 0 Å². The van der Waals surface area contributed by atoms with E-state index in [9.17, 15) is 0 Å². The van der Waals surface area contributed by atoms with Gasteiger partial charge in [-0.3, -0.25) is 4.90 Å². The fraction of sp³-hybridized carbons (Fsp3) is 0.304. The van der Waals surface area contributed by atoms with Crippen molar-refractivity contribution in [3.63, 3.8) is 0 Å². The van der Waals surface area contributed by atoms with Crippen LogP contribution in [0.3, 0.4) is 0 Å². The molecule has 0 aromatic heterocycles. The number of hydrogen-bond donors (Lipinski definition) is 0. The van der Waals surface area contributed by atoms with Crippen LogP contribution in [-0.4, -0.2) is 17.5 Å². The summed E-state index contributed by atoms with van der Waals surface area (Å²) in [4.78, 5) is 2.70. The summed E-state index contributed by atoms with van der Waals surface area (Å²) in [5.41, 5.74) is 2.93. The maximum absolute atomic E-state index is 2.70. The molecule has 0 amide bonds. The molecule has 0 aliphatic carbocycles. The van der Waals surface area contributed by atoms with Gasteiger partial charge in [0.25, 0.3) is 0 Å². The van der Waals surface area contributed by atoms with Crippen LogP contribution in [0.5, 0.6) is 0 Å². The Hall–Kier alpha value is -1.83. The third kappa shape index (κ3) is 4.23. The summed E-state index contributed by atoms with van der Waals surface area (Å²) in [5, 5.41) is 2.78. The molecule has 0 spiro atoms. The van der Waals surface area contributed by atoms with Gasteiger partial charge in [-0.2, -0.15) is 0 Å². The third-order valence-electron chi connectivity index (χ3n) is 5.31. The second-order valence-electron chi connectivity index (χ2n) is 6.95. The fourth-order valence-electron chi connectivity index (χ4n) is 4.04. The molecule has 1 unspecified atom stereocenters. The molecule has 1 aliphatic rings. The summed E-state index contributed by atoms with van der Waals surface area (Å²) in [7, 11) is 0. The number of benzene rings is 3. The Morgan fingerprint density at radius 1 is 0.800 bits per heavy atom. The molecule has 0 N–H and O–H groups in total. The Morgan fingerprint density at radius 3 is 2.44 bits per heavy atom. The van der Waals surface area contributed by atoms with E-state index in [1.54, 1.807) is 0 Å². The molecule has 1 saturated heterocycles. The van der Waals surface area contributed by atoms with Gasteiger partial charge in [0.15, 0.2) is 0 Å². The molecule has 3 aromatic carbocycles. The molecule has 1 atom stereocenters. The van der Waals surface area contributed by atoms with Crippen molar-refractivity contribution in [1.82, 2.24) is 4.90 Å². The number of rotatable bonds is 4. The minimum Gasteiger partial charge on any atom is -0.296 e. The highest BCUT2D eigenvalue weighted by Gasteiger charge is 2.23. The monoisotopic (exact) mass is 351 g/mol. The van der Waals surface area contributed by atoms with Crippen molar-refractivity contribution in [1.29, 1.82) is 0 Å². The van der Waals surface area contributed by atoms with Gasteiger partial charge >= 0.3 is 0 Å². The molecule has 1 aliphatic heterocycles. The number of likely N-dealkylation sites (tertiary alicyclic amines) is 1. The van der Waals surface area contributed by atoms with E-state index in [0.717, 1.165) is 13.0 Å². The summed E-state index contributed by atoms with van der Waals surface area (Å²) < 4.78 is 0. The summed E-state index contributed by atoms with van der Waals surface area (Å²) in [6, 6.07) is 27.1. The Bertz CT molecular complexity index is 794. The van der Waals surface area contributed by atoms with Gasteiger partial charge in [-0.15, -0.1) is 12.4 Å². The van der Waals surface area contributed by atoms with Gasteiger partial charge in [-0.05, 0) is 47.7 Å². The lowest BCUT2D eigenvalue weighted by Gasteiger charge is -2.36. The van der Waals surface area contributed by atoms with Gasteiger partial charge in [0.05, 0.1) is 0 Å². The normalized spacial score (nSPS) is 18.0. The van der Waals surface area contributed by atoms with E-state index in [1.807, 2.05) is 0 Å². The molecule has 2 heteroatoms. The quantitative estimate of drug-likeness (QED) is 0.569. The van der Waals surface area contributed by atoms with Crippen LogP contribution in [0.4, 0.5) is 0 Å². The van der Waals surface area contributed by atoms with Gasteiger partial charge < -0.3 is 0 Å². The first kappa shape index (κ1) is 18.0. The Kier molecular flexibility index (Phi) is 6.12. The van der Waals surface area contributed by atoms with Crippen molar-refractivity contribution >= 4 is 23.2 Å². The zero-order valence-electron chi connectivity index (χ0n) is 14.6. The van der Waals surface area contributed by atoms with Gasteiger partial charge in [-0.1, -0.05) is 79.2 Å². The molecule has 1 heterocycles. The van der Waals surface area contributed by atoms with Gasteiger partial charge in [0.2, 0.25) is 0 Å². The SMILES string of the molecule is Cl.c1ccc(CN2CCCCC2Cc2cccc3ccccc23)cc1. The number of halogens is 1. The smallest absolute Gasteiger partial charge is 0.0236 e. The van der Waals surface area contributed by atoms with E-state index in [0.29, 0.717) is 6.04 Å². The van der Waals surface area contributed by atoms with E-state index in [1.165, 1.54) is 47.7 Å². The van der Waals surface area contributed by atoms with Crippen molar-refractivity contribution in [2.24, 2.45) is 0 Å². The van der Waals surface area contributed by atoms with Crippen molar-refractivity contribution < 1.29 is 0 Å². The first-order valence-corrected chi connectivity index (χ1v) is 9.15. The lowest BCUT2D eigenvalue weighted by atomic mass is 9.92. The van der Waals surface area contributed by atoms with E-state index < -0.39 is 0 Å². The fourth-order valence-corrected chi connectivity index (χ4v) is 4.04. The molecule has 0 saturated carbocycles. The van der Waals surface area contributed by atoms with E-state index >= 15 is 0 Å². The molecule has 130 valence electrons. The standard InChI is InChI=1S/C23H25N.ClH/c1-2-9-19(10-3-1)18-24-16-7-6-14-22(24)17-21-13-8-12-20-11-4-5-15-23(20)21;/h1-5,8-13,15,22H,6-7,14,16-18H2;1H. The van der Waals surface area contributed by atoms with Crippen LogP contribution in [0.1, 0.15) is 30.4 Å². The molecule has 0 bridgehead atoms. The van der Waals surface area contributed by atoms with Crippen molar-refractivity contribution in [3.05, 3.63) is 83.9 Å². The highest BCUT2D eigenvalue weighted by Crippen LogP contribution is 2.26. The molecular weight excluding hydrogens is 326 g/mol. The second kappa shape index (κ2) is 8.51. The lowest BCUT2D eigenvalue weighted by Crippen LogP contribution is -2.40. The molecule has 0 radical (unpaired) electrons. The minimum atomic E-state index is 0. The minimum absolute atomic E-state index is 0. The topological polar surface area (TPSA) is 3.24 Å². The Labute approximate surface area is 157 Å². The summed E-state index contributed by atoms with van der Waals surface area (Å²) in [6.45, 7) is 2.31. The van der Waals surface area contributed by atoms with Crippen LogP contribution < -0.4 is 0 Å². The van der Waals surface area contributed by atoms with Crippen LogP contribution in [-0.2, 0) is 13.0 Å². The summed E-state index contributed by atoms with van der Waals surface area (Å²) >= 11 is 0. The van der Waals surface area contributed by atoms with Gasteiger partial charge in [-0.25, -0.2) is 0 Å². The summed E-state index contributed by atoms with van der Waals surface area (Å²) in [6.07, 6.45) is 5.17. The molecule has 4 rings (SSSR count). The van der Waals surface area contributed by atoms with Crippen LogP contribution in [0.2, 0.25) is 0 Å². The van der Waals surface area contributed by atoms with E-state index in [-0.39, 0.29) is 12.4 Å². The third-order valence-corrected chi connectivity index (χ3v) is 5.31. The van der Waals surface area contributed by atoms with Crippen LogP contribution in [0.25, 0.3) is 10.8 Å². The molecule has 3 aromatic rings. The lowest BCUT2D eigenvalue weighted by molar-refractivity contribution is 0.139. The molecule has 1 fully saturated rings. The number of hydrogen-bond acceptors (Lipinski definition) is 1. The van der Waals surface area contributed by atoms with Crippen LogP contribution in [0.15, 0.2) is 72.8 Å². The van der Waals surface area contributed by atoms with Gasteiger partial charge in [0, 0.05) is 12.6 Å². The maximum Gasteiger partial charge on any atom is 0.0236 e. The molecule has 1 nitrogen and oxygen atoms in total. The van der Waals surface area contributed by atoms with Crippen molar-refractivity contribution in [2.75, 3.05) is 6.54 Å². The van der Waals surface area contributed by atoms with Gasteiger partial charge in [0.1, 0.15) is 0 Å². The van der Waals surface area contributed by atoms with E-state index in [2.05, 4.69) is 77.7 Å². The average Bonchev–Trinajstić information content (AvgIpc) is 2.64. The number of piperidine rings is 1. The summed E-state index contributed by atoms with van der Waals surface area (Å²) in [5.74, 6) is 0. The highest BCUT2D eigenvalue weighted by molar-refractivity contribution is 5.86. The van der Waals surface area contributed by atoms with Crippen molar-refractivity contribution in [2.45, 2.75) is 38.3 Å². The Morgan fingerprint density at radius 2 is 1.56 bits per heavy atom. The average molecular weight is 352 g/mol. The first-order valence-electron chi connectivity index (χ1n) is 9.15. The largest absolute Gasteiger partial charge is 0.296 e. The second-order valence-corrected chi connectivity index (χ2v) is 6.95. The maximum atomic E-state index is 2.70. The number of fused-ring (bicyclic) bond motifs is 1. The molecule has 25 heavy (non-hydrogen) atoms.